The Bertz CT molecular complexity index is 595. The molecule has 1 fully saturated rings. The second-order valence-corrected chi connectivity index (χ2v) is 6.99. The quantitative estimate of drug-likeness (QED) is 0.822. The van der Waals surface area contributed by atoms with Gasteiger partial charge in [-0.25, -0.2) is 0 Å². The van der Waals surface area contributed by atoms with Crippen LogP contribution in [0, 0.1) is 11.8 Å². The standard InChI is InChI=1S/C18H24Cl2N2O2/c1-3-22(4-2)18(24)13-7-5-12(6-8-13)17(23)21-14-9-10-15(19)16(20)11-14/h9-13H,3-8H2,1-2H3,(H,21,23). The Labute approximate surface area is 153 Å². The lowest BCUT2D eigenvalue weighted by Gasteiger charge is -2.30. The van der Waals surface area contributed by atoms with Crippen molar-refractivity contribution in [1.29, 1.82) is 0 Å². The first-order valence-electron chi connectivity index (χ1n) is 8.50. The number of carbonyl (C=O) groups excluding carboxylic acids is 2. The topological polar surface area (TPSA) is 49.4 Å². The number of amides is 2. The lowest BCUT2D eigenvalue weighted by atomic mass is 9.81. The average Bonchev–Trinajstić information content (AvgIpc) is 2.59. The van der Waals surface area contributed by atoms with Crippen molar-refractivity contribution in [2.75, 3.05) is 18.4 Å². The molecule has 6 heteroatoms. The zero-order valence-electron chi connectivity index (χ0n) is 14.1. The van der Waals surface area contributed by atoms with Crippen molar-refractivity contribution in [1.82, 2.24) is 4.90 Å². The van der Waals surface area contributed by atoms with Crippen LogP contribution < -0.4 is 5.32 Å². The summed E-state index contributed by atoms with van der Waals surface area (Å²) in [4.78, 5) is 26.7. The second kappa shape index (κ2) is 8.72. The molecule has 0 atom stereocenters. The van der Waals surface area contributed by atoms with Gasteiger partial charge in [-0.05, 0) is 57.7 Å². The van der Waals surface area contributed by atoms with Crippen LogP contribution in [0.1, 0.15) is 39.5 Å². The van der Waals surface area contributed by atoms with Crippen molar-refractivity contribution in [2.45, 2.75) is 39.5 Å². The highest BCUT2D eigenvalue weighted by Crippen LogP contribution is 2.31. The summed E-state index contributed by atoms with van der Waals surface area (Å²) in [5.41, 5.74) is 0.649. The minimum atomic E-state index is -0.0554. The molecule has 1 aromatic rings. The third kappa shape index (κ3) is 4.64. The second-order valence-electron chi connectivity index (χ2n) is 6.18. The maximum absolute atomic E-state index is 12.4. The molecule has 0 saturated heterocycles. The number of carbonyl (C=O) groups is 2. The molecule has 1 saturated carbocycles. The molecule has 0 radical (unpaired) electrons. The molecule has 1 aliphatic rings. The zero-order chi connectivity index (χ0) is 17.7. The zero-order valence-corrected chi connectivity index (χ0v) is 15.7. The maximum Gasteiger partial charge on any atom is 0.227 e. The lowest BCUT2D eigenvalue weighted by Crippen LogP contribution is -2.38. The van der Waals surface area contributed by atoms with Crippen LogP contribution in [0.25, 0.3) is 0 Å². The molecule has 2 rings (SSSR count). The van der Waals surface area contributed by atoms with E-state index in [4.69, 9.17) is 23.2 Å². The number of hydrogen-bond donors (Lipinski definition) is 1. The Morgan fingerprint density at radius 2 is 1.62 bits per heavy atom. The highest BCUT2D eigenvalue weighted by atomic mass is 35.5. The van der Waals surface area contributed by atoms with Crippen molar-refractivity contribution >= 4 is 40.7 Å². The Morgan fingerprint density at radius 3 is 2.17 bits per heavy atom. The van der Waals surface area contributed by atoms with Crippen LogP contribution in [-0.2, 0) is 9.59 Å². The van der Waals surface area contributed by atoms with Crippen molar-refractivity contribution in [3.8, 4) is 0 Å². The Hall–Kier alpha value is -1.26. The van der Waals surface area contributed by atoms with Gasteiger partial charge in [0.25, 0.3) is 0 Å². The summed E-state index contributed by atoms with van der Waals surface area (Å²) in [5, 5.41) is 3.77. The first-order valence-corrected chi connectivity index (χ1v) is 9.26. The fourth-order valence-electron chi connectivity index (χ4n) is 3.21. The Morgan fingerprint density at radius 1 is 1.04 bits per heavy atom. The van der Waals surface area contributed by atoms with Gasteiger partial charge in [0.2, 0.25) is 11.8 Å². The normalized spacial score (nSPS) is 20.5. The molecule has 0 unspecified atom stereocenters. The van der Waals surface area contributed by atoms with Gasteiger partial charge in [-0.15, -0.1) is 0 Å². The monoisotopic (exact) mass is 370 g/mol. The largest absolute Gasteiger partial charge is 0.343 e. The van der Waals surface area contributed by atoms with E-state index in [1.165, 1.54) is 0 Å². The van der Waals surface area contributed by atoms with E-state index in [2.05, 4.69) is 5.32 Å². The highest BCUT2D eigenvalue weighted by Gasteiger charge is 2.31. The summed E-state index contributed by atoms with van der Waals surface area (Å²) in [6.07, 6.45) is 3.03. The third-order valence-electron chi connectivity index (χ3n) is 4.71. The molecular formula is C18H24Cl2N2O2. The van der Waals surface area contributed by atoms with E-state index in [0.717, 1.165) is 38.8 Å². The van der Waals surface area contributed by atoms with Crippen LogP contribution in [0.15, 0.2) is 18.2 Å². The van der Waals surface area contributed by atoms with Gasteiger partial charge in [0.1, 0.15) is 0 Å². The molecule has 132 valence electrons. The van der Waals surface area contributed by atoms with E-state index < -0.39 is 0 Å². The molecule has 0 spiro atoms. The van der Waals surface area contributed by atoms with E-state index >= 15 is 0 Å². The van der Waals surface area contributed by atoms with Gasteiger partial charge < -0.3 is 10.2 Å². The summed E-state index contributed by atoms with van der Waals surface area (Å²) >= 11 is 11.8. The molecule has 2 amide bonds. The van der Waals surface area contributed by atoms with E-state index in [1.807, 2.05) is 18.7 Å². The summed E-state index contributed by atoms with van der Waals surface area (Å²) in [6, 6.07) is 5.05. The number of nitrogens with one attached hydrogen (secondary N) is 1. The molecule has 0 heterocycles. The number of nitrogens with zero attached hydrogens (tertiary/aromatic N) is 1. The van der Waals surface area contributed by atoms with Gasteiger partial charge in [0.15, 0.2) is 0 Å². The minimum absolute atomic E-state index is 0.0119. The van der Waals surface area contributed by atoms with Crippen molar-refractivity contribution < 1.29 is 9.59 Å². The maximum atomic E-state index is 12.4. The van der Waals surface area contributed by atoms with Crippen LogP contribution in [-0.4, -0.2) is 29.8 Å². The molecule has 0 aromatic heterocycles. The van der Waals surface area contributed by atoms with E-state index in [0.29, 0.717) is 15.7 Å². The molecule has 1 aromatic carbocycles. The Balaban J connectivity index is 1.88. The van der Waals surface area contributed by atoms with Crippen LogP contribution >= 0.6 is 23.2 Å². The van der Waals surface area contributed by atoms with Crippen molar-refractivity contribution in [3.63, 3.8) is 0 Å². The third-order valence-corrected chi connectivity index (χ3v) is 5.45. The summed E-state index contributed by atoms with van der Waals surface area (Å²) in [5.74, 6) is 0.213. The van der Waals surface area contributed by atoms with E-state index in [1.54, 1.807) is 18.2 Å². The van der Waals surface area contributed by atoms with E-state index in [-0.39, 0.29) is 23.7 Å². The van der Waals surface area contributed by atoms with E-state index in [9.17, 15) is 9.59 Å². The minimum Gasteiger partial charge on any atom is -0.343 e. The van der Waals surface area contributed by atoms with Crippen molar-refractivity contribution in [3.05, 3.63) is 28.2 Å². The predicted molar refractivity (Wildman–Crippen MR) is 98.5 cm³/mol. The van der Waals surface area contributed by atoms with Crippen LogP contribution in [0.4, 0.5) is 5.69 Å². The molecular weight excluding hydrogens is 347 g/mol. The predicted octanol–water partition coefficient (Wildman–Crippen LogP) is 4.61. The first kappa shape index (κ1) is 19.1. The molecule has 0 aliphatic heterocycles. The Kier molecular flexibility index (Phi) is 6.93. The molecule has 0 bridgehead atoms. The van der Waals surface area contributed by atoms with Crippen LogP contribution in [0.3, 0.4) is 0 Å². The summed E-state index contributed by atoms with van der Waals surface area (Å²) in [7, 11) is 0. The average molecular weight is 371 g/mol. The number of halogens is 2. The highest BCUT2D eigenvalue weighted by molar-refractivity contribution is 6.42. The lowest BCUT2D eigenvalue weighted by molar-refractivity contribution is -0.137. The summed E-state index contributed by atoms with van der Waals surface area (Å²) in [6.45, 7) is 5.48. The van der Waals surface area contributed by atoms with Gasteiger partial charge in [-0.1, -0.05) is 23.2 Å². The fraction of sp³-hybridized carbons (Fsp3) is 0.556. The number of rotatable bonds is 5. The first-order chi connectivity index (χ1) is 11.5. The van der Waals surface area contributed by atoms with Gasteiger partial charge in [-0.2, -0.15) is 0 Å². The van der Waals surface area contributed by atoms with Gasteiger partial charge in [-0.3, -0.25) is 9.59 Å². The molecule has 24 heavy (non-hydrogen) atoms. The van der Waals surface area contributed by atoms with Crippen molar-refractivity contribution in [2.24, 2.45) is 11.8 Å². The van der Waals surface area contributed by atoms with Gasteiger partial charge >= 0.3 is 0 Å². The molecule has 4 nitrogen and oxygen atoms in total. The van der Waals surface area contributed by atoms with Crippen LogP contribution in [0.2, 0.25) is 10.0 Å². The number of hydrogen-bond acceptors (Lipinski definition) is 2. The number of benzene rings is 1. The fourth-order valence-corrected chi connectivity index (χ4v) is 3.51. The summed E-state index contributed by atoms with van der Waals surface area (Å²) < 4.78 is 0. The molecule has 1 aliphatic carbocycles. The molecule has 1 N–H and O–H groups in total. The van der Waals surface area contributed by atoms with Gasteiger partial charge in [0.05, 0.1) is 10.0 Å². The SMILES string of the molecule is CCN(CC)C(=O)C1CCC(C(=O)Nc2ccc(Cl)c(Cl)c2)CC1. The number of anilines is 1. The smallest absolute Gasteiger partial charge is 0.227 e. The van der Waals surface area contributed by atoms with Gasteiger partial charge in [0, 0.05) is 30.6 Å². The van der Waals surface area contributed by atoms with Crippen LogP contribution in [0.5, 0.6) is 0 Å².